The number of carbonyl (C=O) groups excluding carboxylic acids is 2. The van der Waals surface area contributed by atoms with Gasteiger partial charge < -0.3 is 14.8 Å². The molecule has 152 valence electrons. The van der Waals surface area contributed by atoms with E-state index in [2.05, 4.69) is 5.32 Å². The van der Waals surface area contributed by atoms with Gasteiger partial charge in [-0.05, 0) is 42.8 Å². The van der Waals surface area contributed by atoms with E-state index in [4.69, 9.17) is 9.47 Å². The van der Waals surface area contributed by atoms with E-state index >= 15 is 0 Å². The number of nitro benzene ring substituents is 1. The summed E-state index contributed by atoms with van der Waals surface area (Å²) in [6.07, 6.45) is 0. The van der Waals surface area contributed by atoms with Crippen LogP contribution in [0.5, 0.6) is 11.5 Å². The Morgan fingerprint density at radius 2 is 1.70 bits per heavy atom. The molecule has 0 saturated carbocycles. The molecule has 30 heavy (non-hydrogen) atoms. The minimum absolute atomic E-state index is 0.150. The van der Waals surface area contributed by atoms with Crippen molar-refractivity contribution in [1.82, 2.24) is 0 Å². The summed E-state index contributed by atoms with van der Waals surface area (Å²) < 4.78 is 10.7. The molecule has 0 spiro atoms. The Balaban J connectivity index is 1.59. The van der Waals surface area contributed by atoms with Gasteiger partial charge in [-0.15, -0.1) is 0 Å². The van der Waals surface area contributed by atoms with Crippen molar-refractivity contribution < 1.29 is 24.0 Å². The molecule has 0 saturated heterocycles. The molecule has 1 amide bonds. The molecule has 0 bridgehead atoms. The number of non-ortho nitro benzene ring substituents is 1. The van der Waals surface area contributed by atoms with Gasteiger partial charge in [0.25, 0.3) is 11.6 Å². The standard InChI is InChI=1S/C22H18N2O6/c1-15-10-11-17(24(27)28)13-20(15)23-21(25)14-29-22(26)16-6-5-9-19(12-16)30-18-7-3-2-4-8-18/h2-13H,14H2,1H3,(H,23,25). The Kier molecular flexibility index (Phi) is 6.39. The van der Waals surface area contributed by atoms with Crippen LogP contribution in [0, 0.1) is 17.0 Å². The molecule has 0 aliphatic rings. The van der Waals surface area contributed by atoms with Crippen LogP contribution in [0.3, 0.4) is 0 Å². The number of nitrogens with one attached hydrogen (secondary N) is 1. The zero-order chi connectivity index (χ0) is 21.5. The van der Waals surface area contributed by atoms with Crippen molar-refractivity contribution in [3.8, 4) is 11.5 Å². The Labute approximate surface area is 172 Å². The van der Waals surface area contributed by atoms with Crippen molar-refractivity contribution >= 4 is 23.3 Å². The van der Waals surface area contributed by atoms with Gasteiger partial charge in [-0.1, -0.05) is 30.3 Å². The van der Waals surface area contributed by atoms with Crippen LogP contribution in [0.25, 0.3) is 0 Å². The first kappa shape index (κ1) is 20.5. The SMILES string of the molecule is Cc1ccc([N+](=O)[O-])cc1NC(=O)COC(=O)c1cccc(Oc2ccccc2)c1. The van der Waals surface area contributed by atoms with Crippen molar-refractivity contribution in [1.29, 1.82) is 0 Å². The van der Waals surface area contributed by atoms with E-state index in [1.54, 1.807) is 37.3 Å². The fraction of sp³-hybridized carbons (Fsp3) is 0.0909. The van der Waals surface area contributed by atoms with Gasteiger partial charge in [-0.2, -0.15) is 0 Å². The number of amides is 1. The monoisotopic (exact) mass is 406 g/mol. The van der Waals surface area contributed by atoms with Gasteiger partial charge in [0.1, 0.15) is 11.5 Å². The van der Waals surface area contributed by atoms with E-state index in [-0.39, 0.29) is 16.9 Å². The second kappa shape index (κ2) is 9.33. The lowest BCUT2D eigenvalue weighted by Crippen LogP contribution is -2.21. The number of para-hydroxylation sites is 1. The molecule has 0 fully saturated rings. The maximum atomic E-state index is 12.3. The molecule has 0 unspecified atom stereocenters. The van der Waals surface area contributed by atoms with Gasteiger partial charge in [0.2, 0.25) is 0 Å². The normalized spacial score (nSPS) is 10.2. The fourth-order valence-corrected chi connectivity index (χ4v) is 2.57. The Morgan fingerprint density at radius 1 is 0.967 bits per heavy atom. The van der Waals surface area contributed by atoms with E-state index in [0.717, 1.165) is 0 Å². The fourth-order valence-electron chi connectivity index (χ4n) is 2.57. The van der Waals surface area contributed by atoms with Gasteiger partial charge in [0, 0.05) is 12.1 Å². The maximum absolute atomic E-state index is 12.3. The van der Waals surface area contributed by atoms with Crippen molar-refractivity contribution in [3.05, 3.63) is 94.0 Å². The number of anilines is 1. The van der Waals surface area contributed by atoms with Gasteiger partial charge >= 0.3 is 5.97 Å². The average Bonchev–Trinajstić information content (AvgIpc) is 2.74. The highest BCUT2D eigenvalue weighted by Crippen LogP contribution is 2.23. The van der Waals surface area contributed by atoms with Crippen LogP contribution in [0.2, 0.25) is 0 Å². The molecule has 3 aromatic carbocycles. The average molecular weight is 406 g/mol. The van der Waals surface area contributed by atoms with Crippen LogP contribution in [0.4, 0.5) is 11.4 Å². The molecule has 8 heteroatoms. The van der Waals surface area contributed by atoms with Gasteiger partial charge in [0.15, 0.2) is 6.61 Å². The summed E-state index contributed by atoms with van der Waals surface area (Å²) >= 11 is 0. The first-order valence-corrected chi connectivity index (χ1v) is 8.97. The maximum Gasteiger partial charge on any atom is 0.338 e. The zero-order valence-electron chi connectivity index (χ0n) is 16.0. The number of esters is 1. The van der Waals surface area contributed by atoms with Gasteiger partial charge in [0.05, 0.1) is 16.2 Å². The molecule has 0 heterocycles. The molecule has 0 aliphatic heterocycles. The topological polar surface area (TPSA) is 108 Å². The number of carbonyl (C=O) groups is 2. The van der Waals surface area contributed by atoms with Crippen molar-refractivity contribution in [2.45, 2.75) is 6.92 Å². The summed E-state index contributed by atoms with van der Waals surface area (Å²) in [7, 11) is 0. The number of hydrogen-bond donors (Lipinski definition) is 1. The molecular weight excluding hydrogens is 388 g/mol. The minimum Gasteiger partial charge on any atom is -0.457 e. The number of nitrogens with zero attached hydrogens (tertiary/aromatic N) is 1. The summed E-state index contributed by atoms with van der Waals surface area (Å²) in [4.78, 5) is 34.7. The second-order valence-electron chi connectivity index (χ2n) is 6.32. The molecule has 0 radical (unpaired) electrons. The quantitative estimate of drug-likeness (QED) is 0.352. The smallest absolute Gasteiger partial charge is 0.338 e. The third kappa shape index (κ3) is 5.41. The molecule has 1 N–H and O–H groups in total. The summed E-state index contributed by atoms with van der Waals surface area (Å²) in [5.41, 5.74) is 1.00. The number of rotatable bonds is 7. The third-order valence-corrected chi connectivity index (χ3v) is 4.09. The van der Waals surface area contributed by atoms with Crippen LogP contribution in [0.15, 0.2) is 72.8 Å². The van der Waals surface area contributed by atoms with Crippen molar-refractivity contribution in [2.75, 3.05) is 11.9 Å². The lowest BCUT2D eigenvalue weighted by molar-refractivity contribution is -0.384. The Morgan fingerprint density at radius 3 is 2.43 bits per heavy atom. The van der Waals surface area contributed by atoms with Gasteiger partial charge in [-0.3, -0.25) is 14.9 Å². The highest BCUT2D eigenvalue weighted by atomic mass is 16.6. The molecule has 0 aliphatic carbocycles. The predicted molar refractivity (Wildman–Crippen MR) is 110 cm³/mol. The van der Waals surface area contributed by atoms with E-state index in [1.807, 2.05) is 18.2 Å². The Hall–Kier alpha value is -4.20. The Bertz CT molecular complexity index is 1080. The van der Waals surface area contributed by atoms with Crippen LogP contribution < -0.4 is 10.1 Å². The van der Waals surface area contributed by atoms with E-state index in [1.165, 1.54) is 24.3 Å². The van der Waals surface area contributed by atoms with Gasteiger partial charge in [-0.25, -0.2) is 4.79 Å². The molecule has 0 atom stereocenters. The number of nitro groups is 1. The summed E-state index contributed by atoms with van der Waals surface area (Å²) in [6, 6.07) is 19.6. The van der Waals surface area contributed by atoms with Crippen LogP contribution in [-0.2, 0) is 9.53 Å². The minimum atomic E-state index is -0.695. The third-order valence-electron chi connectivity index (χ3n) is 4.09. The van der Waals surface area contributed by atoms with Crippen LogP contribution >= 0.6 is 0 Å². The van der Waals surface area contributed by atoms with Crippen LogP contribution in [-0.4, -0.2) is 23.4 Å². The van der Waals surface area contributed by atoms with E-state index in [9.17, 15) is 19.7 Å². The molecule has 3 aromatic rings. The largest absolute Gasteiger partial charge is 0.457 e. The van der Waals surface area contributed by atoms with Crippen molar-refractivity contribution in [3.63, 3.8) is 0 Å². The number of aryl methyl sites for hydroxylation is 1. The van der Waals surface area contributed by atoms with Crippen LogP contribution in [0.1, 0.15) is 15.9 Å². The molecular formula is C22H18N2O6. The summed E-state index contributed by atoms with van der Waals surface area (Å²) in [5.74, 6) is -0.231. The van der Waals surface area contributed by atoms with E-state index in [0.29, 0.717) is 17.1 Å². The number of hydrogen-bond acceptors (Lipinski definition) is 6. The highest BCUT2D eigenvalue weighted by molar-refractivity contribution is 5.96. The zero-order valence-corrected chi connectivity index (χ0v) is 16.0. The lowest BCUT2D eigenvalue weighted by Gasteiger charge is -2.10. The second-order valence-corrected chi connectivity index (χ2v) is 6.32. The first-order valence-electron chi connectivity index (χ1n) is 8.97. The number of ether oxygens (including phenoxy) is 2. The summed E-state index contributed by atoms with van der Waals surface area (Å²) in [6.45, 7) is 1.16. The van der Waals surface area contributed by atoms with E-state index < -0.39 is 23.4 Å². The molecule has 3 rings (SSSR count). The van der Waals surface area contributed by atoms with Crippen molar-refractivity contribution in [2.24, 2.45) is 0 Å². The molecule has 0 aromatic heterocycles. The predicted octanol–water partition coefficient (Wildman–Crippen LogP) is 4.49. The summed E-state index contributed by atoms with van der Waals surface area (Å²) in [5, 5.41) is 13.4. The first-order chi connectivity index (χ1) is 14.4. The molecule has 8 nitrogen and oxygen atoms in total. The lowest BCUT2D eigenvalue weighted by atomic mass is 10.2. The highest BCUT2D eigenvalue weighted by Gasteiger charge is 2.14. The number of benzene rings is 3.